The van der Waals surface area contributed by atoms with Crippen LogP contribution in [0.1, 0.15) is 32.1 Å². The molecule has 0 aromatic heterocycles. The zero-order chi connectivity index (χ0) is 8.55. The zero-order valence-electron chi connectivity index (χ0n) is 7.92. The summed E-state index contributed by atoms with van der Waals surface area (Å²) in [6.45, 7) is 1.26. The minimum atomic E-state index is -0.0101. The molecule has 2 fully saturated rings. The Balaban J connectivity index is 2.07. The number of hydrogen-bond donors (Lipinski definition) is 2. The first-order valence-electron chi connectivity index (χ1n) is 5.29. The molecule has 2 N–H and O–H groups in total. The average Bonchev–Trinajstić information content (AvgIpc) is 2.04. The van der Waals surface area contributed by atoms with Crippen molar-refractivity contribution >= 4 is 0 Å². The monoisotopic (exact) mass is 170 g/mol. The van der Waals surface area contributed by atoms with Crippen LogP contribution in [0, 0.1) is 5.92 Å². The molecular weight excluding hydrogens is 150 g/mol. The molecule has 0 bridgehead atoms. The maximum Gasteiger partial charge on any atom is 0.116 e. The fourth-order valence-electron chi connectivity index (χ4n) is 3.13. The van der Waals surface area contributed by atoms with Gasteiger partial charge in [0.05, 0.1) is 13.6 Å². The lowest BCUT2D eigenvalue weighted by molar-refractivity contribution is -0.920. The van der Waals surface area contributed by atoms with Gasteiger partial charge in [0.25, 0.3) is 0 Å². The summed E-state index contributed by atoms with van der Waals surface area (Å²) >= 11 is 0. The highest BCUT2D eigenvalue weighted by molar-refractivity contribution is 4.83. The van der Waals surface area contributed by atoms with Gasteiger partial charge in [0.1, 0.15) is 12.1 Å². The molecule has 1 saturated heterocycles. The second-order valence-electron chi connectivity index (χ2n) is 4.52. The molecule has 2 nitrogen and oxygen atoms in total. The van der Waals surface area contributed by atoms with Gasteiger partial charge in [-0.05, 0) is 25.7 Å². The molecular formula is C10H20NO+. The Bertz CT molecular complexity index is 144. The van der Waals surface area contributed by atoms with Crippen molar-refractivity contribution in [2.75, 3.05) is 13.6 Å². The largest absolute Gasteiger partial charge is 0.387 e. The van der Waals surface area contributed by atoms with Crippen LogP contribution >= 0.6 is 0 Å². The van der Waals surface area contributed by atoms with Crippen molar-refractivity contribution in [3.8, 4) is 0 Å². The molecule has 2 rings (SSSR count). The van der Waals surface area contributed by atoms with Gasteiger partial charge in [-0.15, -0.1) is 0 Å². The highest BCUT2D eigenvalue weighted by Crippen LogP contribution is 2.28. The standard InChI is InChI=1S/C10H19NO/c1-11-7-3-5-8-4-2-6-9(12)10(8)11/h8-10,12H,2-7H2,1H3/p+1/t8-,9-,10-/m1/s1. The van der Waals surface area contributed by atoms with Crippen LogP contribution in [0.3, 0.4) is 0 Å². The topological polar surface area (TPSA) is 24.7 Å². The molecule has 1 heterocycles. The van der Waals surface area contributed by atoms with Crippen LogP contribution in [0.2, 0.25) is 0 Å². The van der Waals surface area contributed by atoms with E-state index in [0.29, 0.717) is 6.04 Å². The maximum absolute atomic E-state index is 9.85. The molecule has 1 aliphatic heterocycles. The first-order valence-corrected chi connectivity index (χ1v) is 5.29. The number of hydrogen-bond acceptors (Lipinski definition) is 1. The highest BCUT2D eigenvalue weighted by atomic mass is 16.3. The summed E-state index contributed by atoms with van der Waals surface area (Å²) in [7, 11) is 2.24. The third-order valence-corrected chi connectivity index (χ3v) is 3.71. The van der Waals surface area contributed by atoms with Crippen LogP contribution < -0.4 is 4.90 Å². The molecule has 70 valence electrons. The quantitative estimate of drug-likeness (QED) is 0.518. The summed E-state index contributed by atoms with van der Waals surface area (Å²) in [6, 6.07) is 0.562. The van der Waals surface area contributed by atoms with Gasteiger partial charge < -0.3 is 10.0 Å². The Kier molecular flexibility index (Phi) is 2.37. The summed E-state index contributed by atoms with van der Waals surface area (Å²) in [4.78, 5) is 1.57. The molecule has 2 aliphatic rings. The summed E-state index contributed by atoms with van der Waals surface area (Å²) in [6.07, 6.45) is 6.36. The number of aliphatic hydroxyl groups is 1. The number of aliphatic hydroxyl groups excluding tert-OH is 1. The predicted molar refractivity (Wildman–Crippen MR) is 48.1 cm³/mol. The molecule has 4 atom stereocenters. The summed E-state index contributed by atoms with van der Waals surface area (Å²) in [5.41, 5.74) is 0. The van der Waals surface area contributed by atoms with Crippen molar-refractivity contribution in [1.82, 2.24) is 0 Å². The van der Waals surface area contributed by atoms with Gasteiger partial charge in [-0.3, -0.25) is 0 Å². The molecule has 0 aromatic carbocycles. The van der Waals surface area contributed by atoms with Crippen molar-refractivity contribution in [1.29, 1.82) is 0 Å². The third-order valence-electron chi connectivity index (χ3n) is 3.71. The van der Waals surface area contributed by atoms with Crippen LogP contribution in [0.4, 0.5) is 0 Å². The van der Waals surface area contributed by atoms with Crippen LogP contribution in [0.15, 0.2) is 0 Å². The zero-order valence-corrected chi connectivity index (χ0v) is 7.92. The lowest BCUT2D eigenvalue weighted by Crippen LogP contribution is -3.16. The van der Waals surface area contributed by atoms with Gasteiger partial charge in [-0.25, -0.2) is 0 Å². The minimum absolute atomic E-state index is 0.0101. The highest BCUT2D eigenvalue weighted by Gasteiger charge is 2.40. The van der Waals surface area contributed by atoms with Crippen molar-refractivity contribution in [3.63, 3.8) is 0 Å². The summed E-state index contributed by atoms with van der Waals surface area (Å²) < 4.78 is 0. The molecule has 1 unspecified atom stereocenters. The minimum Gasteiger partial charge on any atom is -0.387 e. The van der Waals surface area contributed by atoms with E-state index in [1.807, 2.05) is 0 Å². The molecule has 0 radical (unpaired) electrons. The van der Waals surface area contributed by atoms with E-state index in [-0.39, 0.29) is 6.10 Å². The first-order chi connectivity index (χ1) is 5.79. The average molecular weight is 170 g/mol. The number of rotatable bonds is 0. The number of piperidine rings is 1. The van der Waals surface area contributed by atoms with E-state index in [1.165, 1.54) is 32.2 Å². The Morgan fingerprint density at radius 1 is 1.17 bits per heavy atom. The van der Waals surface area contributed by atoms with Crippen molar-refractivity contribution in [2.24, 2.45) is 5.92 Å². The molecule has 0 aromatic rings. The van der Waals surface area contributed by atoms with Crippen LogP contribution in [-0.2, 0) is 0 Å². The second-order valence-corrected chi connectivity index (χ2v) is 4.52. The number of quaternary nitrogens is 1. The predicted octanol–water partition coefficient (Wildman–Crippen LogP) is -0.175. The first kappa shape index (κ1) is 8.52. The molecule has 2 heteroatoms. The Morgan fingerprint density at radius 3 is 2.67 bits per heavy atom. The third kappa shape index (κ3) is 1.38. The lowest BCUT2D eigenvalue weighted by Gasteiger charge is -2.41. The van der Waals surface area contributed by atoms with Gasteiger partial charge in [-0.2, -0.15) is 0 Å². The van der Waals surface area contributed by atoms with Crippen molar-refractivity contribution < 1.29 is 10.0 Å². The fraction of sp³-hybridized carbons (Fsp3) is 1.00. The van der Waals surface area contributed by atoms with Gasteiger partial charge in [0.2, 0.25) is 0 Å². The Hall–Kier alpha value is -0.0800. The molecule has 0 spiro atoms. The van der Waals surface area contributed by atoms with Crippen LogP contribution in [0.25, 0.3) is 0 Å². The number of fused-ring (bicyclic) bond motifs is 1. The SMILES string of the molecule is C[NH+]1CCC[C@H]2CCC[C@@H](O)[C@@H]21. The van der Waals surface area contributed by atoms with Crippen molar-refractivity contribution in [3.05, 3.63) is 0 Å². The fourth-order valence-corrected chi connectivity index (χ4v) is 3.13. The molecule has 12 heavy (non-hydrogen) atoms. The normalized spacial score (nSPS) is 48.5. The Morgan fingerprint density at radius 2 is 1.92 bits per heavy atom. The number of likely N-dealkylation sites (tertiary alicyclic amines) is 1. The van der Waals surface area contributed by atoms with Crippen molar-refractivity contribution in [2.45, 2.75) is 44.2 Å². The van der Waals surface area contributed by atoms with E-state index in [9.17, 15) is 5.11 Å². The van der Waals surface area contributed by atoms with Gasteiger partial charge in [0.15, 0.2) is 0 Å². The lowest BCUT2D eigenvalue weighted by atomic mass is 9.77. The smallest absolute Gasteiger partial charge is 0.116 e. The summed E-state index contributed by atoms with van der Waals surface area (Å²) in [5.74, 6) is 0.822. The van der Waals surface area contributed by atoms with Gasteiger partial charge in [-0.1, -0.05) is 6.42 Å². The van der Waals surface area contributed by atoms with Gasteiger partial charge >= 0.3 is 0 Å². The van der Waals surface area contributed by atoms with E-state index < -0.39 is 0 Å². The summed E-state index contributed by atoms with van der Waals surface area (Å²) in [5, 5.41) is 9.85. The van der Waals surface area contributed by atoms with E-state index in [0.717, 1.165) is 12.3 Å². The Labute approximate surface area is 74.6 Å². The second kappa shape index (κ2) is 3.35. The molecule has 0 amide bonds. The van der Waals surface area contributed by atoms with E-state index in [1.54, 1.807) is 4.90 Å². The number of nitrogens with one attached hydrogen (secondary N) is 1. The maximum atomic E-state index is 9.85. The van der Waals surface area contributed by atoms with Crippen LogP contribution in [-0.4, -0.2) is 30.8 Å². The molecule has 1 saturated carbocycles. The molecule has 1 aliphatic carbocycles. The van der Waals surface area contributed by atoms with E-state index >= 15 is 0 Å². The van der Waals surface area contributed by atoms with Gasteiger partial charge in [0, 0.05) is 5.92 Å². The number of likely N-dealkylation sites (N-methyl/N-ethyl adjacent to an activating group) is 1. The van der Waals surface area contributed by atoms with E-state index in [4.69, 9.17) is 0 Å². The van der Waals surface area contributed by atoms with Crippen LogP contribution in [0.5, 0.6) is 0 Å². The van der Waals surface area contributed by atoms with E-state index in [2.05, 4.69) is 7.05 Å².